The molecular formula is C27H33N7O3. The predicted octanol–water partition coefficient (Wildman–Crippen LogP) is 4.64. The highest BCUT2D eigenvalue weighted by Crippen LogP contribution is 2.35. The Morgan fingerprint density at radius 2 is 1.81 bits per heavy atom. The molecule has 1 amide bonds. The van der Waals surface area contributed by atoms with E-state index in [2.05, 4.69) is 19.9 Å². The van der Waals surface area contributed by atoms with Crippen molar-refractivity contribution in [2.24, 2.45) is 11.8 Å². The van der Waals surface area contributed by atoms with Gasteiger partial charge in [0, 0.05) is 66.2 Å². The number of nitrogens with one attached hydrogen (secondary N) is 2. The Labute approximate surface area is 215 Å². The number of carbonyl (C=O) groups is 2. The topological polar surface area (TPSA) is 120 Å². The van der Waals surface area contributed by atoms with E-state index in [4.69, 9.17) is 14.7 Å². The SMILES string of the molecule is CC.CC(C)(C)OC(=O)N1CC2CN(c3nc(-c4ccc5c(C=O)c[nH]c5c4)c4[nH]cnc4n3)CC2C1. The van der Waals surface area contributed by atoms with Gasteiger partial charge in [0.1, 0.15) is 16.8 Å². The number of aromatic amines is 2. The molecule has 2 atom stereocenters. The maximum absolute atomic E-state index is 12.5. The van der Waals surface area contributed by atoms with E-state index in [0.29, 0.717) is 42.1 Å². The lowest BCUT2D eigenvalue weighted by molar-refractivity contribution is 0.0282. The van der Waals surface area contributed by atoms with Gasteiger partial charge in [0.25, 0.3) is 0 Å². The second-order valence-corrected chi connectivity index (χ2v) is 10.4. The monoisotopic (exact) mass is 503 g/mol. The smallest absolute Gasteiger partial charge is 0.410 e. The molecule has 37 heavy (non-hydrogen) atoms. The third-order valence-electron chi connectivity index (χ3n) is 6.81. The van der Waals surface area contributed by atoms with Gasteiger partial charge in [-0.3, -0.25) is 4.79 Å². The van der Waals surface area contributed by atoms with Crippen molar-refractivity contribution in [1.82, 2.24) is 29.8 Å². The van der Waals surface area contributed by atoms with E-state index in [1.165, 1.54) is 0 Å². The Morgan fingerprint density at radius 3 is 2.49 bits per heavy atom. The summed E-state index contributed by atoms with van der Waals surface area (Å²) < 4.78 is 5.56. The number of anilines is 1. The summed E-state index contributed by atoms with van der Waals surface area (Å²) in [5.41, 5.74) is 4.05. The molecule has 10 heteroatoms. The van der Waals surface area contributed by atoms with Gasteiger partial charge in [0.15, 0.2) is 11.9 Å². The molecule has 1 aromatic carbocycles. The van der Waals surface area contributed by atoms with Crippen molar-refractivity contribution in [2.45, 2.75) is 40.2 Å². The lowest BCUT2D eigenvalue weighted by atomic mass is 10.0. The zero-order valence-corrected chi connectivity index (χ0v) is 21.9. The highest BCUT2D eigenvalue weighted by molar-refractivity contribution is 6.00. The minimum absolute atomic E-state index is 0.243. The van der Waals surface area contributed by atoms with Crippen molar-refractivity contribution in [3.05, 3.63) is 36.3 Å². The zero-order chi connectivity index (χ0) is 26.3. The van der Waals surface area contributed by atoms with Crippen LogP contribution in [0.2, 0.25) is 0 Å². The molecule has 0 radical (unpaired) electrons. The van der Waals surface area contributed by atoms with Crippen LogP contribution in [-0.2, 0) is 4.74 Å². The summed E-state index contributed by atoms with van der Waals surface area (Å²) in [4.78, 5) is 48.2. The Bertz CT molecular complexity index is 1440. The maximum atomic E-state index is 12.5. The molecule has 194 valence electrons. The van der Waals surface area contributed by atoms with Crippen LogP contribution in [-0.4, -0.2) is 74.0 Å². The van der Waals surface area contributed by atoms with Crippen molar-refractivity contribution < 1.29 is 14.3 Å². The minimum Gasteiger partial charge on any atom is -0.444 e. The summed E-state index contributed by atoms with van der Waals surface area (Å²) in [6, 6.07) is 5.89. The summed E-state index contributed by atoms with van der Waals surface area (Å²) in [6.45, 7) is 12.6. The second kappa shape index (κ2) is 9.49. The van der Waals surface area contributed by atoms with Crippen LogP contribution in [0.5, 0.6) is 0 Å². The van der Waals surface area contributed by atoms with Crippen LogP contribution in [0.25, 0.3) is 33.3 Å². The number of nitrogens with zero attached hydrogens (tertiary/aromatic N) is 5. The molecule has 2 fully saturated rings. The summed E-state index contributed by atoms with van der Waals surface area (Å²) in [5, 5.41) is 0.876. The Morgan fingerprint density at radius 1 is 1.08 bits per heavy atom. The molecule has 0 aliphatic carbocycles. The molecule has 5 heterocycles. The highest BCUT2D eigenvalue weighted by Gasteiger charge is 2.43. The Kier molecular flexibility index (Phi) is 6.35. The van der Waals surface area contributed by atoms with Gasteiger partial charge in [-0.15, -0.1) is 0 Å². The van der Waals surface area contributed by atoms with Gasteiger partial charge in [0.2, 0.25) is 5.95 Å². The molecule has 2 saturated heterocycles. The van der Waals surface area contributed by atoms with Crippen molar-refractivity contribution in [2.75, 3.05) is 31.1 Å². The summed E-state index contributed by atoms with van der Waals surface area (Å²) in [7, 11) is 0. The molecule has 2 unspecified atom stereocenters. The molecule has 2 N–H and O–H groups in total. The van der Waals surface area contributed by atoms with E-state index in [0.717, 1.165) is 47.1 Å². The van der Waals surface area contributed by atoms with E-state index < -0.39 is 5.60 Å². The first kappa shape index (κ1) is 24.7. The van der Waals surface area contributed by atoms with Crippen LogP contribution in [0.3, 0.4) is 0 Å². The largest absolute Gasteiger partial charge is 0.444 e. The van der Waals surface area contributed by atoms with Crippen LogP contribution in [0.1, 0.15) is 45.0 Å². The first-order valence-corrected chi connectivity index (χ1v) is 12.8. The molecule has 6 rings (SSSR count). The van der Waals surface area contributed by atoms with Crippen LogP contribution in [0.4, 0.5) is 10.7 Å². The number of hydrogen-bond acceptors (Lipinski definition) is 7. The Balaban J connectivity index is 0.00000137. The molecule has 2 aliphatic heterocycles. The van der Waals surface area contributed by atoms with E-state index in [9.17, 15) is 9.59 Å². The molecular weight excluding hydrogens is 470 g/mol. The average molecular weight is 504 g/mol. The van der Waals surface area contributed by atoms with Gasteiger partial charge in [-0.1, -0.05) is 26.0 Å². The quantitative estimate of drug-likeness (QED) is 0.391. The van der Waals surface area contributed by atoms with E-state index in [1.54, 1.807) is 12.5 Å². The van der Waals surface area contributed by atoms with Crippen molar-refractivity contribution in [1.29, 1.82) is 0 Å². The van der Waals surface area contributed by atoms with Gasteiger partial charge in [-0.25, -0.2) is 14.8 Å². The average Bonchev–Trinajstić information content (AvgIpc) is 3.65. The van der Waals surface area contributed by atoms with Crippen LogP contribution < -0.4 is 4.90 Å². The lowest BCUT2D eigenvalue weighted by Crippen LogP contribution is -2.37. The number of benzene rings is 1. The third-order valence-corrected chi connectivity index (χ3v) is 6.81. The van der Waals surface area contributed by atoms with Gasteiger partial charge < -0.3 is 24.5 Å². The van der Waals surface area contributed by atoms with Crippen LogP contribution in [0, 0.1) is 11.8 Å². The molecule has 0 saturated carbocycles. The fraction of sp³-hybridized carbons (Fsp3) is 0.444. The van der Waals surface area contributed by atoms with Crippen molar-refractivity contribution >= 4 is 40.4 Å². The zero-order valence-electron chi connectivity index (χ0n) is 21.9. The number of hydrogen-bond donors (Lipinski definition) is 2. The molecule has 3 aromatic heterocycles. The predicted molar refractivity (Wildman–Crippen MR) is 143 cm³/mol. The van der Waals surface area contributed by atoms with Gasteiger partial charge in [0.05, 0.1) is 6.33 Å². The first-order chi connectivity index (χ1) is 17.8. The molecule has 2 aliphatic rings. The Hall–Kier alpha value is -3.95. The number of carbonyl (C=O) groups excluding carboxylic acids is 2. The summed E-state index contributed by atoms with van der Waals surface area (Å²) in [6.07, 6.45) is 3.94. The van der Waals surface area contributed by atoms with E-state index in [-0.39, 0.29) is 6.09 Å². The number of aldehydes is 1. The number of amides is 1. The fourth-order valence-corrected chi connectivity index (χ4v) is 5.20. The third kappa shape index (κ3) is 4.63. The van der Waals surface area contributed by atoms with E-state index >= 15 is 0 Å². The highest BCUT2D eigenvalue weighted by atomic mass is 16.6. The summed E-state index contributed by atoms with van der Waals surface area (Å²) in [5.74, 6) is 1.33. The molecule has 10 nitrogen and oxygen atoms in total. The number of aromatic nitrogens is 5. The minimum atomic E-state index is -0.498. The number of likely N-dealkylation sites (tertiary alicyclic amines) is 1. The van der Waals surface area contributed by atoms with Gasteiger partial charge >= 0.3 is 6.09 Å². The fourth-order valence-electron chi connectivity index (χ4n) is 5.20. The van der Waals surface area contributed by atoms with Gasteiger partial charge in [-0.2, -0.15) is 4.98 Å². The lowest BCUT2D eigenvalue weighted by Gasteiger charge is -2.26. The maximum Gasteiger partial charge on any atom is 0.410 e. The molecule has 0 spiro atoms. The first-order valence-electron chi connectivity index (χ1n) is 12.8. The van der Waals surface area contributed by atoms with Crippen molar-refractivity contribution in [3.8, 4) is 11.3 Å². The number of H-pyrrole nitrogens is 2. The van der Waals surface area contributed by atoms with Crippen LogP contribution in [0.15, 0.2) is 30.7 Å². The number of ether oxygens (including phenoxy) is 1. The van der Waals surface area contributed by atoms with Crippen LogP contribution >= 0.6 is 0 Å². The van der Waals surface area contributed by atoms with Gasteiger partial charge in [-0.05, 0) is 26.8 Å². The number of fused-ring (bicyclic) bond motifs is 3. The number of imidazole rings is 1. The molecule has 0 bridgehead atoms. The second-order valence-electron chi connectivity index (χ2n) is 10.4. The molecule has 4 aromatic rings. The normalized spacial score (nSPS) is 19.2. The van der Waals surface area contributed by atoms with Crippen molar-refractivity contribution in [3.63, 3.8) is 0 Å². The summed E-state index contributed by atoms with van der Waals surface area (Å²) >= 11 is 0. The number of rotatable bonds is 3. The standard InChI is InChI=1S/C25H27N7O3.C2H6/c1-25(2,3)35-24(34)32-10-16-8-31(9-17(16)11-32)23-29-20(21-22(30-23)28-13-27-21)14-4-5-18-15(12-33)7-26-19(18)6-14;1-2/h4-7,12-13,16-17,26H,8-11H2,1-3H3,(H,27,28,29,30);1-2H3. The van der Waals surface area contributed by atoms with E-state index in [1.807, 2.05) is 57.7 Å².